The summed E-state index contributed by atoms with van der Waals surface area (Å²) in [6.45, 7) is 2.29. The van der Waals surface area contributed by atoms with Crippen LogP contribution in [-0.4, -0.2) is 18.6 Å². The number of unbranched alkanes of at least 4 members (excludes halogenated alkanes) is 10. The molecule has 0 bridgehead atoms. The molecule has 0 saturated carbocycles. The van der Waals surface area contributed by atoms with E-state index in [0.29, 0.717) is 0 Å². The van der Waals surface area contributed by atoms with Crippen molar-refractivity contribution in [1.29, 1.82) is 0 Å². The molecule has 0 atom stereocenters. The predicted octanol–water partition coefficient (Wildman–Crippen LogP) is 4.35. The Bertz CT molecular complexity index is 79.2. The third-order valence-electron chi connectivity index (χ3n) is 2.96. The maximum atomic E-state index is 2.29. The Morgan fingerprint density at radius 3 is 1.29 bits per heavy atom. The van der Waals surface area contributed by atoms with Crippen molar-refractivity contribution in [2.75, 3.05) is 0 Å². The van der Waals surface area contributed by atoms with Gasteiger partial charge in [-0.15, -0.1) is 0 Å². The van der Waals surface area contributed by atoms with E-state index in [4.69, 9.17) is 0 Å². The fourth-order valence-electron chi connectivity index (χ4n) is 1.91. The minimum absolute atomic E-state index is 1.10. The van der Waals surface area contributed by atoms with Crippen LogP contribution in [0.15, 0.2) is 0 Å². The van der Waals surface area contributed by atoms with Gasteiger partial charge in [0.05, 0.1) is 0 Å². The summed E-state index contributed by atoms with van der Waals surface area (Å²) in [6.07, 6.45) is 16.3. The molecule has 14 heavy (non-hydrogen) atoms. The Kier molecular flexibility index (Phi) is 14.3. The van der Waals surface area contributed by atoms with Crippen molar-refractivity contribution in [2.24, 2.45) is 0 Å². The zero-order valence-electron chi connectivity index (χ0n) is 10.5. The molecule has 0 saturated heterocycles. The van der Waals surface area contributed by atoms with Gasteiger partial charge >= 0.3 is 94.2 Å². The molecular weight excluding hydrogens is 226 g/mol. The average molecular weight is 255 g/mol. The zero-order valence-corrected chi connectivity index (χ0v) is 14.7. The van der Waals surface area contributed by atoms with Crippen LogP contribution in [-0.2, 0) is 0 Å². The Balaban J connectivity index is 2.78. The third-order valence-corrected chi connectivity index (χ3v) is 4.44. The first kappa shape index (κ1) is 14.6. The minimum atomic E-state index is 1.10. The second kappa shape index (κ2) is 13.6. The molecule has 0 amide bonds. The van der Waals surface area contributed by atoms with Crippen molar-refractivity contribution in [3.8, 4) is 0 Å². The van der Waals surface area contributed by atoms with Crippen LogP contribution in [0.25, 0.3) is 0 Å². The van der Waals surface area contributed by atoms with E-state index in [0.717, 1.165) is 18.6 Å². The first-order valence-electron chi connectivity index (χ1n) is 6.91. The van der Waals surface area contributed by atoms with E-state index in [2.05, 4.69) is 6.92 Å². The molecule has 1 heteroatoms. The summed E-state index contributed by atoms with van der Waals surface area (Å²) in [5.74, 6) is 0. The summed E-state index contributed by atoms with van der Waals surface area (Å²) in [4.78, 5) is 1.56. The Morgan fingerprint density at radius 1 is 0.571 bits per heavy atom. The van der Waals surface area contributed by atoms with Crippen molar-refractivity contribution < 1.29 is 0 Å². The number of hydrogen-bond acceptors (Lipinski definition) is 0. The Hall–Kier alpha value is 0.636. The topological polar surface area (TPSA) is 0 Å². The van der Waals surface area contributed by atoms with Gasteiger partial charge in [0.25, 0.3) is 0 Å². The van der Waals surface area contributed by atoms with Crippen LogP contribution in [0.5, 0.6) is 0 Å². The molecule has 0 radical (unpaired) electrons. The van der Waals surface area contributed by atoms with Crippen LogP contribution in [0, 0.1) is 0 Å². The number of hydrogen-bond donors (Lipinski definition) is 0. The molecular formula is C13H29Ga. The quantitative estimate of drug-likeness (QED) is 0.380. The van der Waals surface area contributed by atoms with Gasteiger partial charge in [0.1, 0.15) is 0 Å². The number of rotatable bonds is 11. The Morgan fingerprint density at radius 2 is 0.929 bits per heavy atom. The molecule has 0 N–H and O–H groups in total. The van der Waals surface area contributed by atoms with Crippen molar-refractivity contribution in [3.05, 3.63) is 0 Å². The molecule has 0 heterocycles. The van der Waals surface area contributed by atoms with E-state index in [-0.39, 0.29) is 0 Å². The van der Waals surface area contributed by atoms with Gasteiger partial charge < -0.3 is 0 Å². The molecule has 0 spiro atoms. The summed E-state index contributed by atoms with van der Waals surface area (Å²) < 4.78 is 0. The summed E-state index contributed by atoms with van der Waals surface area (Å²) >= 11 is 1.10. The van der Waals surface area contributed by atoms with E-state index in [1.54, 1.807) is 4.98 Å². The first-order valence-corrected chi connectivity index (χ1v) is 9.88. The van der Waals surface area contributed by atoms with Crippen LogP contribution >= 0.6 is 0 Å². The molecule has 0 aromatic heterocycles. The van der Waals surface area contributed by atoms with Gasteiger partial charge in [-0.3, -0.25) is 0 Å². The van der Waals surface area contributed by atoms with Gasteiger partial charge in [0, 0.05) is 0 Å². The molecule has 0 aliphatic carbocycles. The van der Waals surface area contributed by atoms with Crippen LogP contribution in [0.2, 0.25) is 4.98 Å². The summed E-state index contributed by atoms with van der Waals surface area (Å²) in [5, 5.41) is 0. The zero-order chi connectivity index (χ0) is 10.5. The van der Waals surface area contributed by atoms with E-state index in [1.165, 1.54) is 70.6 Å². The second-order valence-electron chi connectivity index (χ2n) is 4.54. The van der Waals surface area contributed by atoms with Crippen molar-refractivity contribution in [1.82, 2.24) is 0 Å². The van der Waals surface area contributed by atoms with Crippen molar-refractivity contribution >= 4 is 18.6 Å². The fraction of sp³-hybridized carbons (Fsp3) is 1.00. The predicted molar refractivity (Wildman–Crippen MR) is 69.8 cm³/mol. The first-order chi connectivity index (χ1) is 6.91. The van der Waals surface area contributed by atoms with Crippen LogP contribution in [0.4, 0.5) is 0 Å². The van der Waals surface area contributed by atoms with Gasteiger partial charge in [-0.2, -0.15) is 0 Å². The second-order valence-corrected chi connectivity index (χ2v) is 6.63. The van der Waals surface area contributed by atoms with Crippen LogP contribution < -0.4 is 0 Å². The van der Waals surface area contributed by atoms with E-state index in [9.17, 15) is 0 Å². The molecule has 0 fully saturated rings. The van der Waals surface area contributed by atoms with E-state index >= 15 is 0 Å². The average Bonchev–Trinajstić information content (AvgIpc) is 2.21. The molecule has 0 aromatic carbocycles. The SMILES string of the molecule is CCCCCCCCCCCC[CH2][GaH2]. The standard InChI is InChI=1S/C13H27.Ga.2H/c1-3-5-7-9-11-13-12-10-8-6-4-2;;;/h1,3-13H2,2H3;;;. The molecule has 0 aromatic rings. The van der Waals surface area contributed by atoms with Gasteiger partial charge in [-0.1, -0.05) is 6.92 Å². The molecule has 84 valence electrons. The van der Waals surface area contributed by atoms with Crippen molar-refractivity contribution in [2.45, 2.75) is 82.5 Å². The summed E-state index contributed by atoms with van der Waals surface area (Å²) in [5.41, 5.74) is 0. The maximum absolute atomic E-state index is 2.29. The molecule has 0 aliphatic rings. The molecule has 0 nitrogen and oxygen atoms in total. The van der Waals surface area contributed by atoms with E-state index in [1.807, 2.05) is 0 Å². The molecule has 0 rings (SSSR count). The third kappa shape index (κ3) is 12.6. The van der Waals surface area contributed by atoms with Gasteiger partial charge in [-0.05, 0) is 0 Å². The normalized spacial score (nSPS) is 10.6. The van der Waals surface area contributed by atoms with Crippen molar-refractivity contribution in [3.63, 3.8) is 0 Å². The summed E-state index contributed by atoms with van der Waals surface area (Å²) in [6, 6.07) is 0. The van der Waals surface area contributed by atoms with Gasteiger partial charge in [0.2, 0.25) is 0 Å². The molecule has 0 aliphatic heterocycles. The van der Waals surface area contributed by atoms with Gasteiger partial charge in [0.15, 0.2) is 0 Å². The Labute approximate surface area is 101 Å². The van der Waals surface area contributed by atoms with Crippen LogP contribution in [0.3, 0.4) is 0 Å². The van der Waals surface area contributed by atoms with Crippen LogP contribution in [0.1, 0.15) is 77.6 Å². The van der Waals surface area contributed by atoms with E-state index < -0.39 is 0 Å². The summed E-state index contributed by atoms with van der Waals surface area (Å²) in [7, 11) is 0. The fourth-order valence-corrected chi connectivity index (χ4v) is 2.96. The monoisotopic (exact) mass is 254 g/mol. The molecule has 0 unspecified atom stereocenters. The van der Waals surface area contributed by atoms with Gasteiger partial charge in [-0.25, -0.2) is 0 Å².